The summed E-state index contributed by atoms with van der Waals surface area (Å²) in [7, 11) is 1.44. The van der Waals surface area contributed by atoms with Crippen molar-refractivity contribution in [2.75, 3.05) is 31.7 Å². The van der Waals surface area contributed by atoms with Gasteiger partial charge < -0.3 is 18.9 Å². The third-order valence-corrected chi connectivity index (χ3v) is 5.91. The number of nitrogens with zero attached hydrogens (tertiary/aromatic N) is 5. The van der Waals surface area contributed by atoms with Gasteiger partial charge in [0, 0.05) is 37.5 Å². The number of rotatable bonds is 5. The maximum absolute atomic E-state index is 14.0. The van der Waals surface area contributed by atoms with E-state index in [4.69, 9.17) is 14.0 Å². The van der Waals surface area contributed by atoms with Crippen molar-refractivity contribution < 1.29 is 18.4 Å². The third kappa shape index (κ3) is 3.46. The first-order valence-corrected chi connectivity index (χ1v) is 10.1. The molecule has 5 rings (SSSR count). The lowest BCUT2D eigenvalue weighted by Crippen LogP contribution is -2.61. The number of ether oxygens (including phenoxy) is 2. The van der Waals surface area contributed by atoms with Gasteiger partial charge >= 0.3 is 5.95 Å². The lowest BCUT2D eigenvalue weighted by molar-refractivity contribution is -0.0181. The molecule has 3 aromatic heterocycles. The normalized spacial score (nSPS) is 17.2. The van der Waals surface area contributed by atoms with Gasteiger partial charge in [-0.3, -0.25) is 9.78 Å². The van der Waals surface area contributed by atoms with Crippen molar-refractivity contribution in [3.8, 4) is 17.2 Å². The first-order chi connectivity index (χ1) is 15.0. The molecule has 0 aromatic carbocycles. The highest BCUT2D eigenvalue weighted by atomic mass is 19.1. The van der Waals surface area contributed by atoms with Gasteiger partial charge in [0.25, 0.3) is 5.56 Å². The second-order valence-electron chi connectivity index (χ2n) is 7.99. The van der Waals surface area contributed by atoms with E-state index >= 15 is 0 Å². The number of halogens is 1. The average Bonchev–Trinajstić information content (AvgIpc) is 3.38. The van der Waals surface area contributed by atoms with Crippen molar-refractivity contribution in [1.29, 1.82) is 0 Å². The molecule has 0 N–H and O–H groups in total. The lowest BCUT2D eigenvalue weighted by Gasteiger charge is -2.48. The zero-order valence-corrected chi connectivity index (χ0v) is 17.3. The van der Waals surface area contributed by atoms with E-state index in [-0.39, 0.29) is 29.3 Å². The van der Waals surface area contributed by atoms with E-state index in [9.17, 15) is 9.18 Å². The van der Waals surface area contributed by atoms with Gasteiger partial charge in [-0.25, -0.2) is 9.07 Å². The Kier molecular flexibility index (Phi) is 4.73. The predicted octanol–water partition coefficient (Wildman–Crippen LogP) is 2.17. The zero-order valence-electron chi connectivity index (χ0n) is 17.3. The highest BCUT2D eigenvalue weighted by Gasteiger charge is 2.46. The van der Waals surface area contributed by atoms with E-state index in [0.29, 0.717) is 16.8 Å². The Labute approximate surface area is 177 Å². The van der Waals surface area contributed by atoms with Crippen LogP contribution in [-0.4, -0.2) is 52.3 Å². The van der Waals surface area contributed by atoms with Crippen molar-refractivity contribution in [2.45, 2.75) is 31.9 Å². The Morgan fingerprint density at radius 2 is 2.13 bits per heavy atom. The minimum Gasteiger partial charge on any atom is -0.467 e. The van der Waals surface area contributed by atoms with Crippen LogP contribution in [0.25, 0.3) is 11.3 Å². The number of aryl methyl sites for hydroxylation is 1. The fourth-order valence-electron chi connectivity index (χ4n) is 4.16. The van der Waals surface area contributed by atoms with Crippen molar-refractivity contribution in [1.82, 2.24) is 19.9 Å². The van der Waals surface area contributed by atoms with Crippen LogP contribution in [0.15, 0.2) is 33.8 Å². The average molecular weight is 427 g/mol. The smallest absolute Gasteiger partial charge is 0.316 e. The molecular formula is C21H22FN5O4. The van der Waals surface area contributed by atoms with Crippen molar-refractivity contribution in [3.05, 3.63) is 52.0 Å². The second-order valence-corrected chi connectivity index (χ2v) is 7.99. The molecule has 1 spiro atoms. The first-order valence-electron chi connectivity index (χ1n) is 10.1. The van der Waals surface area contributed by atoms with Gasteiger partial charge in [0.1, 0.15) is 17.1 Å². The summed E-state index contributed by atoms with van der Waals surface area (Å²) in [6, 6.07) is 2.88. The molecule has 0 atom stereocenters. The summed E-state index contributed by atoms with van der Waals surface area (Å²) >= 11 is 0. The highest BCUT2D eigenvalue weighted by Crippen LogP contribution is 2.37. The van der Waals surface area contributed by atoms with Gasteiger partial charge in [0.15, 0.2) is 0 Å². The molecule has 0 unspecified atom stereocenters. The summed E-state index contributed by atoms with van der Waals surface area (Å²) in [5.74, 6) is -0.319. The van der Waals surface area contributed by atoms with Crippen LogP contribution in [0.5, 0.6) is 5.95 Å². The Balaban J connectivity index is 1.40. The molecule has 2 saturated heterocycles. The monoisotopic (exact) mass is 427 g/mol. The molecule has 0 saturated carbocycles. The standard InChI is InChI=1S/C21H22FN5O4/c1-13-17(22)6-14(8-23-13)19-16(20(29-2)31-25-19)10-27-18(28)7-15(9-24-27)26-11-21(12-26)4-3-5-30-21/h6-9H,3-5,10-12H2,1-2H3. The molecule has 2 fully saturated rings. The summed E-state index contributed by atoms with van der Waals surface area (Å²) in [6.45, 7) is 3.98. The Morgan fingerprint density at radius 3 is 2.81 bits per heavy atom. The number of hydrogen-bond donors (Lipinski definition) is 0. The number of anilines is 1. The van der Waals surface area contributed by atoms with Gasteiger partial charge in [-0.2, -0.15) is 5.10 Å². The van der Waals surface area contributed by atoms with Crippen LogP contribution in [0.2, 0.25) is 0 Å². The molecule has 0 amide bonds. The van der Waals surface area contributed by atoms with E-state index in [1.165, 1.54) is 24.1 Å². The van der Waals surface area contributed by atoms with Crippen LogP contribution in [-0.2, 0) is 11.3 Å². The van der Waals surface area contributed by atoms with Crippen LogP contribution in [0.3, 0.4) is 0 Å². The molecular weight excluding hydrogens is 405 g/mol. The maximum atomic E-state index is 14.0. The summed E-state index contributed by atoms with van der Waals surface area (Å²) < 4.78 is 31.6. The highest BCUT2D eigenvalue weighted by molar-refractivity contribution is 5.64. The number of aromatic nitrogens is 4. The molecule has 2 aliphatic heterocycles. The quantitative estimate of drug-likeness (QED) is 0.611. The fourth-order valence-corrected chi connectivity index (χ4v) is 4.16. The SMILES string of the molecule is COc1onc(-c2cnc(C)c(F)c2)c1Cn1ncc(N2CC3(CCCO3)C2)cc1=O. The van der Waals surface area contributed by atoms with Crippen LogP contribution < -0.4 is 15.2 Å². The van der Waals surface area contributed by atoms with Crippen LogP contribution >= 0.6 is 0 Å². The molecule has 10 heteroatoms. The minimum absolute atomic E-state index is 0.0586. The Morgan fingerprint density at radius 1 is 1.29 bits per heavy atom. The summed E-state index contributed by atoms with van der Waals surface area (Å²) in [5, 5.41) is 8.31. The van der Waals surface area contributed by atoms with Gasteiger partial charge in [0.05, 0.1) is 36.8 Å². The van der Waals surface area contributed by atoms with Crippen molar-refractivity contribution in [2.24, 2.45) is 0 Å². The Bertz CT molecular complexity index is 1180. The van der Waals surface area contributed by atoms with Gasteiger partial charge in [0.2, 0.25) is 0 Å². The van der Waals surface area contributed by atoms with E-state index in [2.05, 4.69) is 20.1 Å². The molecule has 0 bridgehead atoms. The minimum atomic E-state index is -0.455. The summed E-state index contributed by atoms with van der Waals surface area (Å²) in [4.78, 5) is 18.9. The topological polar surface area (TPSA) is 95.5 Å². The maximum Gasteiger partial charge on any atom is 0.316 e. The molecule has 5 heterocycles. The van der Waals surface area contributed by atoms with E-state index in [1.807, 2.05) is 0 Å². The van der Waals surface area contributed by atoms with Crippen LogP contribution in [0.4, 0.5) is 10.1 Å². The second kappa shape index (κ2) is 7.45. The van der Waals surface area contributed by atoms with Gasteiger partial charge in [-0.1, -0.05) is 5.16 Å². The largest absolute Gasteiger partial charge is 0.467 e. The van der Waals surface area contributed by atoms with Crippen LogP contribution in [0.1, 0.15) is 24.1 Å². The number of pyridine rings is 1. The molecule has 0 aliphatic carbocycles. The molecule has 2 aliphatic rings. The lowest BCUT2D eigenvalue weighted by atomic mass is 9.90. The first kappa shape index (κ1) is 19.7. The third-order valence-electron chi connectivity index (χ3n) is 5.91. The van der Waals surface area contributed by atoms with Crippen molar-refractivity contribution >= 4 is 5.69 Å². The molecule has 3 aromatic rings. The molecule has 9 nitrogen and oxygen atoms in total. The van der Waals surface area contributed by atoms with Crippen molar-refractivity contribution in [3.63, 3.8) is 0 Å². The molecule has 0 radical (unpaired) electrons. The number of methoxy groups -OCH3 is 1. The fraction of sp³-hybridized carbons (Fsp3) is 0.429. The van der Waals surface area contributed by atoms with Gasteiger partial charge in [-0.15, -0.1) is 0 Å². The number of hydrogen-bond acceptors (Lipinski definition) is 8. The van der Waals surface area contributed by atoms with Gasteiger partial charge in [-0.05, 0) is 25.8 Å². The van der Waals surface area contributed by atoms with Crippen LogP contribution in [0, 0.1) is 12.7 Å². The molecule has 162 valence electrons. The summed E-state index contributed by atoms with van der Waals surface area (Å²) in [5.41, 5.74) is 1.98. The van der Waals surface area contributed by atoms with E-state index in [1.54, 1.807) is 19.2 Å². The van der Waals surface area contributed by atoms with E-state index < -0.39 is 5.82 Å². The zero-order chi connectivity index (χ0) is 21.6. The predicted molar refractivity (Wildman–Crippen MR) is 109 cm³/mol. The Hall–Kier alpha value is -3.27. The molecule has 31 heavy (non-hydrogen) atoms. The van der Waals surface area contributed by atoms with E-state index in [0.717, 1.165) is 38.2 Å². The summed E-state index contributed by atoms with van der Waals surface area (Å²) in [6.07, 6.45) is 5.30.